The lowest BCUT2D eigenvalue weighted by atomic mass is 9.77. The first-order valence-corrected chi connectivity index (χ1v) is 10.7. The van der Waals surface area contributed by atoms with E-state index in [1.165, 1.54) is 19.9 Å². The number of ether oxygens (including phenoxy) is 3. The van der Waals surface area contributed by atoms with Crippen LogP contribution >= 0.6 is 0 Å². The van der Waals surface area contributed by atoms with Crippen molar-refractivity contribution in [2.75, 3.05) is 0 Å². The maximum Gasteiger partial charge on any atom is 0.334 e. The Morgan fingerprint density at radius 2 is 1.94 bits per heavy atom. The molecule has 6 atom stereocenters. The fraction of sp³-hybridized carbons (Fsp3) is 0.583. The summed E-state index contributed by atoms with van der Waals surface area (Å²) in [4.78, 5) is 50.4. The highest BCUT2D eigenvalue weighted by molar-refractivity contribution is 5.98. The van der Waals surface area contributed by atoms with E-state index in [-0.39, 0.29) is 29.4 Å². The van der Waals surface area contributed by atoms with Gasteiger partial charge in [-0.05, 0) is 38.2 Å². The molecule has 0 unspecified atom stereocenters. The first kappa shape index (κ1) is 25.5. The fourth-order valence-corrected chi connectivity index (χ4v) is 3.83. The molecule has 0 radical (unpaired) electrons. The van der Waals surface area contributed by atoms with Gasteiger partial charge in [-0.25, -0.2) is 9.59 Å². The number of carbonyl (C=O) groups excluding carboxylic acids is 4. The second-order valence-electron chi connectivity index (χ2n) is 9.24. The van der Waals surface area contributed by atoms with Gasteiger partial charge in [-0.1, -0.05) is 40.0 Å². The zero-order chi connectivity index (χ0) is 24.4. The smallest absolute Gasteiger partial charge is 0.334 e. The molecule has 1 heterocycles. The Balaban J connectivity index is 2.66. The predicted molar refractivity (Wildman–Crippen MR) is 115 cm³/mol. The van der Waals surface area contributed by atoms with Crippen LogP contribution in [0.2, 0.25) is 0 Å². The Kier molecular flexibility index (Phi) is 7.83. The molecule has 8 nitrogen and oxygen atoms in total. The van der Waals surface area contributed by atoms with Gasteiger partial charge in [0.1, 0.15) is 6.10 Å². The molecule has 1 fully saturated rings. The monoisotopic (exact) mass is 448 g/mol. The summed E-state index contributed by atoms with van der Waals surface area (Å²) in [5.41, 5.74) is -2.18. The maximum absolute atomic E-state index is 12.9. The molecule has 1 saturated heterocycles. The average molecular weight is 449 g/mol. The lowest BCUT2D eigenvalue weighted by molar-refractivity contribution is -0.196. The van der Waals surface area contributed by atoms with Crippen LogP contribution in [0.4, 0.5) is 0 Å². The van der Waals surface area contributed by atoms with Gasteiger partial charge in [0.2, 0.25) is 0 Å². The van der Waals surface area contributed by atoms with Crippen molar-refractivity contribution in [2.45, 2.75) is 71.4 Å². The summed E-state index contributed by atoms with van der Waals surface area (Å²) in [7, 11) is 0. The van der Waals surface area contributed by atoms with Crippen LogP contribution < -0.4 is 0 Å². The van der Waals surface area contributed by atoms with E-state index in [4.69, 9.17) is 14.2 Å². The molecule has 0 spiro atoms. The van der Waals surface area contributed by atoms with Crippen molar-refractivity contribution < 1.29 is 38.5 Å². The van der Waals surface area contributed by atoms with E-state index in [2.05, 4.69) is 13.2 Å². The Morgan fingerprint density at radius 1 is 1.31 bits per heavy atom. The van der Waals surface area contributed by atoms with E-state index < -0.39 is 53.5 Å². The van der Waals surface area contributed by atoms with Crippen molar-refractivity contribution in [3.05, 3.63) is 36.5 Å². The molecular formula is C24H32O8. The van der Waals surface area contributed by atoms with Gasteiger partial charge < -0.3 is 19.3 Å². The Morgan fingerprint density at radius 3 is 2.50 bits per heavy atom. The third-order valence-electron chi connectivity index (χ3n) is 5.63. The van der Waals surface area contributed by atoms with Crippen LogP contribution in [0.5, 0.6) is 0 Å². The van der Waals surface area contributed by atoms with Gasteiger partial charge in [0, 0.05) is 17.6 Å². The summed E-state index contributed by atoms with van der Waals surface area (Å²) in [6.07, 6.45) is -0.645. The molecule has 0 bridgehead atoms. The SMILES string of the molecule is C=C(C)C(=O)O[C@H]1[C@H]2C(=C)C(=O)O[C@@H]2C[C@@H](C)/C=C\C(=O)[C@@](C)(O)[C@@H]1OC(=O)CC(C)C. The van der Waals surface area contributed by atoms with Crippen molar-refractivity contribution in [1.29, 1.82) is 0 Å². The van der Waals surface area contributed by atoms with Crippen LogP contribution in [0.15, 0.2) is 36.5 Å². The second kappa shape index (κ2) is 9.81. The summed E-state index contributed by atoms with van der Waals surface area (Å²) < 4.78 is 16.7. The van der Waals surface area contributed by atoms with Crippen LogP contribution in [-0.2, 0) is 33.4 Å². The van der Waals surface area contributed by atoms with Crippen LogP contribution in [0.1, 0.15) is 47.5 Å². The van der Waals surface area contributed by atoms with Gasteiger partial charge in [0.05, 0.1) is 5.92 Å². The van der Waals surface area contributed by atoms with Crippen LogP contribution in [0.25, 0.3) is 0 Å². The molecule has 2 rings (SSSR count). The molecule has 8 heteroatoms. The molecule has 0 saturated carbocycles. The fourth-order valence-electron chi connectivity index (χ4n) is 3.83. The number of esters is 3. The van der Waals surface area contributed by atoms with E-state index in [9.17, 15) is 24.3 Å². The quantitative estimate of drug-likeness (QED) is 0.387. The number of hydrogen-bond acceptors (Lipinski definition) is 8. The summed E-state index contributed by atoms with van der Waals surface area (Å²) in [5.74, 6) is -4.10. The molecule has 2 aliphatic rings. The van der Waals surface area contributed by atoms with E-state index in [0.717, 1.165) is 0 Å². The van der Waals surface area contributed by atoms with Gasteiger partial charge in [0.25, 0.3) is 0 Å². The summed E-state index contributed by atoms with van der Waals surface area (Å²) in [5, 5.41) is 11.2. The van der Waals surface area contributed by atoms with Crippen LogP contribution in [0, 0.1) is 17.8 Å². The van der Waals surface area contributed by atoms with Gasteiger partial charge in [-0.2, -0.15) is 0 Å². The minimum absolute atomic E-state index is 0.0132. The third kappa shape index (κ3) is 5.54. The van der Waals surface area contributed by atoms with Crippen LogP contribution in [-0.4, -0.2) is 52.7 Å². The molecule has 1 aliphatic heterocycles. The molecule has 32 heavy (non-hydrogen) atoms. The number of carbonyl (C=O) groups is 4. The molecule has 0 aromatic carbocycles. The highest BCUT2D eigenvalue weighted by atomic mass is 16.6. The molecule has 0 aromatic heterocycles. The normalized spacial score (nSPS) is 33.8. The first-order valence-electron chi connectivity index (χ1n) is 10.7. The number of fused-ring (bicyclic) bond motifs is 1. The zero-order valence-electron chi connectivity index (χ0n) is 19.3. The second-order valence-corrected chi connectivity index (χ2v) is 9.24. The highest BCUT2D eigenvalue weighted by Crippen LogP contribution is 2.40. The lowest BCUT2D eigenvalue weighted by Gasteiger charge is -2.39. The highest BCUT2D eigenvalue weighted by Gasteiger charge is 2.56. The minimum atomic E-state index is -2.25. The Bertz CT molecular complexity index is 850. The van der Waals surface area contributed by atoms with Gasteiger partial charge >= 0.3 is 17.9 Å². The van der Waals surface area contributed by atoms with E-state index >= 15 is 0 Å². The standard InChI is InChI=1S/C24H32O8/c1-12(2)10-18(26)31-21-20(32-22(27)13(3)4)19-15(6)23(28)30-16(19)11-14(5)8-9-17(25)24(21,7)29/h8-9,12,14,16,19-21,29H,3,6,10-11H2,1-2,4-5,7H3/b9-8-/t14-,16+,19-,20-,21+,24+/m0/s1. The zero-order valence-corrected chi connectivity index (χ0v) is 19.3. The molecule has 1 aliphatic carbocycles. The third-order valence-corrected chi connectivity index (χ3v) is 5.63. The number of allylic oxidation sites excluding steroid dienone is 1. The minimum Gasteiger partial charge on any atom is -0.458 e. The first-order chi connectivity index (χ1) is 14.7. The number of rotatable bonds is 5. The summed E-state index contributed by atoms with van der Waals surface area (Å²) >= 11 is 0. The van der Waals surface area contributed by atoms with E-state index in [0.29, 0.717) is 6.42 Å². The number of aliphatic hydroxyl groups is 1. The number of hydrogen-bond donors (Lipinski definition) is 1. The lowest BCUT2D eigenvalue weighted by Crippen LogP contribution is -2.58. The Labute approximate surface area is 188 Å². The van der Waals surface area contributed by atoms with Gasteiger partial charge in [-0.3, -0.25) is 9.59 Å². The van der Waals surface area contributed by atoms with Crippen molar-refractivity contribution in [2.24, 2.45) is 17.8 Å². The van der Waals surface area contributed by atoms with Crippen molar-refractivity contribution in [3.8, 4) is 0 Å². The molecule has 1 N–H and O–H groups in total. The van der Waals surface area contributed by atoms with E-state index in [1.54, 1.807) is 6.08 Å². The number of ketones is 1. The summed E-state index contributed by atoms with van der Waals surface area (Å²) in [6, 6.07) is 0. The maximum atomic E-state index is 12.9. The summed E-state index contributed by atoms with van der Waals surface area (Å²) in [6.45, 7) is 15.4. The molecule has 0 amide bonds. The van der Waals surface area contributed by atoms with E-state index in [1.807, 2.05) is 20.8 Å². The largest absolute Gasteiger partial charge is 0.458 e. The molecule has 176 valence electrons. The van der Waals surface area contributed by atoms with Crippen molar-refractivity contribution in [1.82, 2.24) is 0 Å². The van der Waals surface area contributed by atoms with Gasteiger partial charge in [0.15, 0.2) is 23.6 Å². The van der Waals surface area contributed by atoms with Crippen molar-refractivity contribution in [3.63, 3.8) is 0 Å². The predicted octanol–water partition coefficient (Wildman–Crippen LogP) is 2.45. The van der Waals surface area contributed by atoms with Crippen molar-refractivity contribution >= 4 is 23.7 Å². The molecular weight excluding hydrogens is 416 g/mol. The van der Waals surface area contributed by atoms with Gasteiger partial charge in [-0.15, -0.1) is 0 Å². The Hall–Kier alpha value is -2.74. The molecule has 0 aromatic rings. The topological polar surface area (TPSA) is 116 Å². The van der Waals surface area contributed by atoms with Crippen LogP contribution in [0.3, 0.4) is 0 Å². The average Bonchev–Trinajstić information content (AvgIpc) is 2.94.